The number of nitrogens with zero attached hydrogens (tertiary/aromatic N) is 3. The lowest BCUT2D eigenvalue weighted by Crippen LogP contribution is -2.39. The lowest BCUT2D eigenvalue weighted by molar-refractivity contribution is -0.130. The van der Waals surface area contributed by atoms with Gasteiger partial charge in [0.25, 0.3) is 0 Å². The Bertz CT molecular complexity index is 694. The van der Waals surface area contributed by atoms with Gasteiger partial charge in [0.15, 0.2) is 5.96 Å². The number of hydrogen-bond donors (Lipinski definition) is 2. The molecule has 2 aromatic rings. The molecule has 1 heterocycles. The van der Waals surface area contributed by atoms with Gasteiger partial charge in [0.05, 0.1) is 12.2 Å². The highest BCUT2D eigenvalue weighted by atomic mass is 127. The second kappa shape index (κ2) is 13.1. The maximum atomic E-state index is 12.3. The van der Waals surface area contributed by atoms with Gasteiger partial charge in [-0.05, 0) is 24.6 Å². The molecule has 0 radical (unpaired) electrons. The summed E-state index contributed by atoms with van der Waals surface area (Å²) in [5, 5.41) is 6.39. The van der Waals surface area contributed by atoms with E-state index in [9.17, 15) is 4.79 Å². The first-order valence-corrected chi connectivity index (χ1v) is 8.89. The summed E-state index contributed by atoms with van der Waals surface area (Å²) < 4.78 is 0. The van der Waals surface area contributed by atoms with Crippen molar-refractivity contribution in [3.05, 3.63) is 66.0 Å². The van der Waals surface area contributed by atoms with Crippen LogP contribution >= 0.6 is 24.0 Å². The topological polar surface area (TPSA) is 69.6 Å². The molecule has 0 fully saturated rings. The third-order valence-electron chi connectivity index (χ3n) is 3.79. The molecule has 146 valence electrons. The molecule has 0 atom stereocenters. The van der Waals surface area contributed by atoms with Gasteiger partial charge in [0.1, 0.15) is 0 Å². The SMILES string of the molecule is CCNC(=NCc1ccccn1)NCCC(=O)N(C)Cc1ccccc1.I. The first-order valence-electron chi connectivity index (χ1n) is 8.89. The Morgan fingerprint density at radius 3 is 2.52 bits per heavy atom. The van der Waals surface area contributed by atoms with Gasteiger partial charge in [-0.25, -0.2) is 4.99 Å². The van der Waals surface area contributed by atoms with Crippen molar-refractivity contribution in [2.45, 2.75) is 26.4 Å². The van der Waals surface area contributed by atoms with Crippen LogP contribution in [-0.4, -0.2) is 41.9 Å². The van der Waals surface area contributed by atoms with E-state index in [-0.39, 0.29) is 29.9 Å². The molecule has 0 unspecified atom stereocenters. The monoisotopic (exact) mass is 481 g/mol. The van der Waals surface area contributed by atoms with E-state index < -0.39 is 0 Å². The Kier molecular flexibility index (Phi) is 11.1. The number of halogens is 1. The molecular formula is C20H28IN5O. The summed E-state index contributed by atoms with van der Waals surface area (Å²) in [6, 6.07) is 15.8. The number of carbonyl (C=O) groups excluding carboxylic acids is 1. The first-order chi connectivity index (χ1) is 12.7. The molecule has 0 aliphatic heterocycles. The van der Waals surface area contributed by atoms with Crippen molar-refractivity contribution in [1.29, 1.82) is 0 Å². The van der Waals surface area contributed by atoms with E-state index in [4.69, 9.17) is 0 Å². The lowest BCUT2D eigenvalue weighted by atomic mass is 10.2. The third-order valence-corrected chi connectivity index (χ3v) is 3.79. The standard InChI is InChI=1S/C20H27N5O.HI/c1-3-21-20(24-15-18-11-7-8-13-22-18)23-14-12-19(26)25(2)16-17-9-5-4-6-10-17;/h4-11,13H,3,12,14-16H2,1-2H3,(H2,21,23,24);1H. The minimum absolute atomic E-state index is 0. The molecule has 0 aliphatic carbocycles. The normalized spacial score (nSPS) is 10.7. The summed E-state index contributed by atoms with van der Waals surface area (Å²) in [4.78, 5) is 22.8. The van der Waals surface area contributed by atoms with Crippen LogP contribution in [0.3, 0.4) is 0 Å². The highest BCUT2D eigenvalue weighted by Crippen LogP contribution is 2.03. The number of aliphatic imine (C=N–C) groups is 1. The Labute approximate surface area is 178 Å². The van der Waals surface area contributed by atoms with Gasteiger partial charge in [-0.1, -0.05) is 36.4 Å². The number of rotatable bonds is 8. The van der Waals surface area contributed by atoms with Gasteiger partial charge in [-0.15, -0.1) is 24.0 Å². The molecule has 0 saturated carbocycles. The van der Waals surface area contributed by atoms with Crippen LogP contribution < -0.4 is 10.6 Å². The molecule has 0 bridgehead atoms. The Morgan fingerprint density at radius 2 is 1.85 bits per heavy atom. The highest BCUT2D eigenvalue weighted by Gasteiger charge is 2.09. The van der Waals surface area contributed by atoms with Crippen molar-refractivity contribution >= 4 is 35.8 Å². The molecule has 1 amide bonds. The van der Waals surface area contributed by atoms with Crippen molar-refractivity contribution < 1.29 is 4.79 Å². The van der Waals surface area contributed by atoms with Crippen molar-refractivity contribution in [1.82, 2.24) is 20.5 Å². The van der Waals surface area contributed by atoms with E-state index in [1.807, 2.05) is 62.5 Å². The average molecular weight is 481 g/mol. The van der Waals surface area contributed by atoms with Gasteiger partial charge in [0.2, 0.25) is 5.91 Å². The van der Waals surface area contributed by atoms with E-state index in [0.717, 1.165) is 17.8 Å². The fraction of sp³-hybridized carbons (Fsp3) is 0.350. The highest BCUT2D eigenvalue weighted by molar-refractivity contribution is 14.0. The van der Waals surface area contributed by atoms with Crippen molar-refractivity contribution in [3.63, 3.8) is 0 Å². The zero-order valence-electron chi connectivity index (χ0n) is 15.9. The molecule has 2 N–H and O–H groups in total. The lowest BCUT2D eigenvalue weighted by Gasteiger charge is -2.18. The Hall–Kier alpha value is -2.16. The van der Waals surface area contributed by atoms with Gasteiger partial charge in [0, 0.05) is 39.3 Å². The smallest absolute Gasteiger partial charge is 0.224 e. The molecule has 27 heavy (non-hydrogen) atoms. The number of carbonyl (C=O) groups is 1. The number of nitrogens with one attached hydrogen (secondary N) is 2. The molecule has 1 aromatic heterocycles. The number of benzene rings is 1. The summed E-state index contributed by atoms with van der Waals surface area (Å²) >= 11 is 0. The van der Waals surface area contributed by atoms with Crippen molar-refractivity contribution in [2.75, 3.05) is 20.1 Å². The quantitative estimate of drug-likeness (QED) is 0.346. The third kappa shape index (κ3) is 8.85. The zero-order valence-corrected chi connectivity index (χ0v) is 18.2. The molecule has 6 nitrogen and oxygen atoms in total. The molecule has 0 spiro atoms. The van der Waals surface area contributed by atoms with E-state index in [1.54, 1.807) is 11.1 Å². The second-order valence-electron chi connectivity index (χ2n) is 5.93. The largest absolute Gasteiger partial charge is 0.357 e. The fourth-order valence-corrected chi connectivity index (χ4v) is 2.42. The Balaban J connectivity index is 0.00000364. The molecule has 7 heteroatoms. The fourth-order valence-electron chi connectivity index (χ4n) is 2.42. The summed E-state index contributed by atoms with van der Waals surface area (Å²) in [5.41, 5.74) is 2.03. The molecule has 2 rings (SSSR count). The van der Waals surface area contributed by atoms with E-state index in [2.05, 4.69) is 20.6 Å². The molecular weight excluding hydrogens is 453 g/mol. The second-order valence-corrected chi connectivity index (χ2v) is 5.93. The van der Waals surface area contributed by atoms with Crippen LogP contribution in [0.4, 0.5) is 0 Å². The maximum Gasteiger partial charge on any atom is 0.224 e. The van der Waals surface area contributed by atoms with Crippen LogP contribution in [0.25, 0.3) is 0 Å². The van der Waals surface area contributed by atoms with Crippen LogP contribution in [0.5, 0.6) is 0 Å². The van der Waals surface area contributed by atoms with Crippen LogP contribution in [-0.2, 0) is 17.9 Å². The number of guanidine groups is 1. The van der Waals surface area contributed by atoms with E-state index >= 15 is 0 Å². The summed E-state index contributed by atoms with van der Waals surface area (Å²) in [6.07, 6.45) is 2.17. The van der Waals surface area contributed by atoms with Crippen LogP contribution in [0, 0.1) is 0 Å². The van der Waals surface area contributed by atoms with Gasteiger partial charge in [-0.2, -0.15) is 0 Å². The minimum atomic E-state index is 0. The number of amides is 1. The van der Waals surface area contributed by atoms with Crippen molar-refractivity contribution in [2.24, 2.45) is 4.99 Å². The summed E-state index contributed by atoms with van der Waals surface area (Å²) in [7, 11) is 1.83. The molecule has 0 aliphatic rings. The van der Waals surface area contributed by atoms with Crippen LogP contribution in [0.1, 0.15) is 24.6 Å². The summed E-state index contributed by atoms with van der Waals surface area (Å²) in [6.45, 7) is 4.42. The van der Waals surface area contributed by atoms with E-state index in [0.29, 0.717) is 32.0 Å². The molecule has 1 aromatic carbocycles. The van der Waals surface area contributed by atoms with Crippen molar-refractivity contribution in [3.8, 4) is 0 Å². The zero-order chi connectivity index (χ0) is 18.6. The van der Waals surface area contributed by atoms with Crippen LogP contribution in [0.2, 0.25) is 0 Å². The predicted octanol–water partition coefficient (Wildman–Crippen LogP) is 2.80. The number of aromatic nitrogens is 1. The predicted molar refractivity (Wildman–Crippen MR) is 120 cm³/mol. The summed E-state index contributed by atoms with van der Waals surface area (Å²) in [5.74, 6) is 0.790. The number of hydrogen-bond acceptors (Lipinski definition) is 3. The number of pyridine rings is 1. The van der Waals surface area contributed by atoms with Gasteiger partial charge >= 0.3 is 0 Å². The molecule has 0 saturated heterocycles. The average Bonchev–Trinajstić information content (AvgIpc) is 2.67. The van der Waals surface area contributed by atoms with Gasteiger partial charge in [-0.3, -0.25) is 9.78 Å². The minimum Gasteiger partial charge on any atom is -0.357 e. The van der Waals surface area contributed by atoms with Gasteiger partial charge < -0.3 is 15.5 Å². The van der Waals surface area contributed by atoms with Crippen LogP contribution in [0.15, 0.2) is 59.7 Å². The first kappa shape index (κ1) is 22.9. The Morgan fingerprint density at radius 1 is 1.11 bits per heavy atom. The van der Waals surface area contributed by atoms with E-state index in [1.165, 1.54) is 0 Å². The maximum absolute atomic E-state index is 12.3.